The quantitative estimate of drug-likeness (QED) is 0.389. The minimum absolute atomic E-state index is 0.176. The number of carbonyl (C=O) groups excluding carboxylic acids is 1. The Morgan fingerprint density at radius 1 is 1.00 bits per heavy atom. The zero-order chi connectivity index (χ0) is 17.9. The summed E-state index contributed by atoms with van der Waals surface area (Å²) in [5.41, 5.74) is 4.33. The summed E-state index contributed by atoms with van der Waals surface area (Å²) in [6, 6.07) is 18.9. The molecule has 0 radical (unpaired) electrons. The zero-order valence-corrected chi connectivity index (χ0v) is 14.2. The minimum Gasteiger partial charge on any atom is -0.436 e. The summed E-state index contributed by atoms with van der Waals surface area (Å²) in [7, 11) is 0. The second-order valence-electron chi connectivity index (χ2n) is 6.03. The van der Waals surface area contributed by atoms with Crippen molar-refractivity contribution < 1.29 is 9.21 Å². The number of Topliss-reactive ketones (excluding diaryl/α,β-unsaturated/α-hetero) is 1. The second-order valence-corrected chi connectivity index (χ2v) is 6.03. The van der Waals surface area contributed by atoms with Gasteiger partial charge in [-0.05, 0) is 42.8 Å². The first-order valence-corrected chi connectivity index (χ1v) is 8.30. The van der Waals surface area contributed by atoms with Crippen LogP contribution in [0.3, 0.4) is 0 Å². The molecule has 4 heteroatoms. The van der Waals surface area contributed by atoms with Gasteiger partial charge in [-0.15, -0.1) is 0 Å². The normalized spacial score (nSPS) is 11.7. The van der Waals surface area contributed by atoms with Crippen molar-refractivity contribution in [2.75, 3.05) is 0 Å². The molecule has 0 unspecified atom stereocenters. The Hall–Kier alpha value is -3.53. The molecule has 4 rings (SSSR count). The molecule has 0 aliphatic heterocycles. The van der Waals surface area contributed by atoms with Crippen LogP contribution < -0.4 is 0 Å². The molecule has 0 amide bonds. The Balaban J connectivity index is 1.85. The van der Waals surface area contributed by atoms with Gasteiger partial charge < -0.3 is 4.42 Å². The van der Waals surface area contributed by atoms with Crippen molar-refractivity contribution in [3.8, 4) is 0 Å². The highest BCUT2D eigenvalue weighted by Crippen LogP contribution is 2.26. The lowest BCUT2D eigenvalue weighted by atomic mass is 10.0. The third kappa shape index (κ3) is 3.17. The molecule has 0 aliphatic carbocycles. The van der Waals surface area contributed by atoms with E-state index in [1.54, 1.807) is 30.6 Å². The fourth-order valence-corrected chi connectivity index (χ4v) is 2.69. The average Bonchev–Trinajstić information content (AvgIpc) is 3.11. The van der Waals surface area contributed by atoms with Gasteiger partial charge in [0.25, 0.3) is 0 Å². The molecule has 2 heterocycles. The van der Waals surface area contributed by atoms with E-state index in [-0.39, 0.29) is 5.78 Å². The summed E-state index contributed by atoms with van der Waals surface area (Å²) in [4.78, 5) is 21.6. The molecule has 2 aromatic heterocycles. The Bertz CT molecular complexity index is 1060. The van der Waals surface area contributed by atoms with Gasteiger partial charge in [0.2, 0.25) is 5.89 Å². The van der Waals surface area contributed by atoms with Crippen molar-refractivity contribution in [2.45, 2.75) is 6.92 Å². The number of ketones is 1. The fourth-order valence-electron chi connectivity index (χ4n) is 2.69. The number of benzene rings is 2. The van der Waals surface area contributed by atoms with Crippen molar-refractivity contribution in [2.24, 2.45) is 0 Å². The summed E-state index contributed by atoms with van der Waals surface area (Å²) in [5, 5.41) is 0. The Kier molecular flexibility index (Phi) is 4.15. The van der Waals surface area contributed by atoms with Gasteiger partial charge in [-0.25, -0.2) is 4.98 Å². The van der Waals surface area contributed by atoms with Crippen LogP contribution >= 0.6 is 0 Å². The fraction of sp³-hybridized carbons (Fsp3) is 0.0455. The lowest BCUT2D eigenvalue weighted by Crippen LogP contribution is -2.03. The van der Waals surface area contributed by atoms with Gasteiger partial charge in [0.15, 0.2) is 11.4 Å². The van der Waals surface area contributed by atoms with Gasteiger partial charge in [-0.1, -0.05) is 42.0 Å². The first-order valence-electron chi connectivity index (χ1n) is 8.30. The van der Waals surface area contributed by atoms with E-state index in [0.717, 1.165) is 16.6 Å². The van der Waals surface area contributed by atoms with Crippen molar-refractivity contribution in [1.29, 1.82) is 0 Å². The first kappa shape index (κ1) is 16.0. The number of allylic oxidation sites excluding steroid dienone is 1. The van der Waals surface area contributed by atoms with E-state index in [1.807, 2.05) is 55.5 Å². The first-order chi connectivity index (χ1) is 12.7. The highest BCUT2D eigenvalue weighted by molar-refractivity contribution is 6.31. The predicted molar refractivity (Wildman–Crippen MR) is 102 cm³/mol. The van der Waals surface area contributed by atoms with Crippen LogP contribution in [0.2, 0.25) is 0 Å². The van der Waals surface area contributed by atoms with Gasteiger partial charge in [0, 0.05) is 18.0 Å². The van der Waals surface area contributed by atoms with E-state index >= 15 is 0 Å². The van der Waals surface area contributed by atoms with Crippen LogP contribution in [-0.4, -0.2) is 15.8 Å². The number of carbonyl (C=O) groups is 1. The number of hydrogen-bond donors (Lipinski definition) is 0. The number of aromatic nitrogens is 2. The molecular formula is C22H16N2O2. The molecule has 0 aliphatic rings. The van der Waals surface area contributed by atoms with Crippen molar-refractivity contribution in [3.63, 3.8) is 0 Å². The standard InChI is InChI=1S/C22H16N2O2/c1-15-8-10-16(11-9-15)13-18(21(25)17-5-4-12-23-14-17)22-24-19-6-2-3-7-20(19)26-22/h2-14H,1H3/b18-13+. The average molecular weight is 340 g/mol. The van der Waals surface area contributed by atoms with Crippen LogP contribution in [0.4, 0.5) is 0 Å². The van der Waals surface area contributed by atoms with Crippen LogP contribution in [0.15, 0.2) is 77.5 Å². The van der Waals surface area contributed by atoms with Crippen molar-refractivity contribution >= 4 is 28.5 Å². The molecule has 0 fully saturated rings. The summed E-state index contributed by atoms with van der Waals surface area (Å²) in [6.45, 7) is 2.02. The molecule has 0 bridgehead atoms. The number of pyridine rings is 1. The predicted octanol–water partition coefficient (Wildman–Crippen LogP) is 4.95. The maximum absolute atomic E-state index is 13.1. The number of oxazole rings is 1. The van der Waals surface area contributed by atoms with Crippen molar-refractivity contribution in [3.05, 3.63) is 95.6 Å². The van der Waals surface area contributed by atoms with Crippen LogP contribution in [0.1, 0.15) is 27.4 Å². The SMILES string of the molecule is Cc1ccc(/C=C(\C(=O)c2cccnc2)c2nc3ccccc3o2)cc1. The minimum atomic E-state index is -0.176. The zero-order valence-electron chi connectivity index (χ0n) is 14.2. The third-order valence-corrected chi connectivity index (χ3v) is 4.08. The Labute approximate surface area is 150 Å². The van der Waals surface area contributed by atoms with E-state index in [2.05, 4.69) is 9.97 Å². The van der Waals surface area contributed by atoms with E-state index in [1.165, 1.54) is 0 Å². The van der Waals surface area contributed by atoms with E-state index in [0.29, 0.717) is 22.6 Å². The smallest absolute Gasteiger partial charge is 0.231 e. The molecule has 126 valence electrons. The summed E-state index contributed by atoms with van der Waals surface area (Å²) >= 11 is 0. The maximum atomic E-state index is 13.1. The number of para-hydroxylation sites is 2. The molecule has 0 N–H and O–H groups in total. The lowest BCUT2D eigenvalue weighted by Gasteiger charge is -2.04. The molecule has 0 saturated heterocycles. The van der Waals surface area contributed by atoms with E-state index < -0.39 is 0 Å². The Morgan fingerprint density at radius 2 is 1.81 bits per heavy atom. The number of fused-ring (bicyclic) bond motifs is 1. The van der Waals surface area contributed by atoms with Gasteiger partial charge in [-0.3, -0.25) is 9.78 Å². The lowest BCUT2D eigenvalue weighted by molar-refractivity contribution is 0.105. The van der Waals surface area contributed by atoms with Gasteiger partial charge in [0.1, 0.15) is 5.52 Å². The van der Waals surface area contributed by atoms with Gasteiger partial charge in [0.05, 0.1) is 5.57 Å². The summed E-state index contributed by atoms with van der Waals surface area (Å²) < 4.78 is 5.85. The molecule has 2 aromatic carbocycles. The van der Waals surface area contributed by atoms with Crippen LogP contribution in [0, 0.1) is 6.92 Å². The molecule has 4 nitrogen and oxygen atoms in total. The van der Waals surface area contributed by atoms with Crippen LogP contribution in [0.5, 0.6) is 0 Å². The van der Waals surface area contributed by atoms with Crippen LogP contribution in [0.25, 0.3) is 22.7 Å². The van der Waals surface area contributed by atoms with Gasteiger partial charge in [-0.2, -0.15) is 0 Å². The largest absolute Gasteiger partial charge is 0.436 e. The topological polar surface area (TPSA) is 56.0 Å². The summed E-state index contributed by atoms with van der Waals surface area (Å²) in [6.07, 6.45) is 4.99. The van der Waals surface area contributed by atoms with Gasteiger partial charge >= 0.3 is 0 Å². The number of hydrogen-bond acceptors (Lipinski definition) is 4. The molecule has 4 aromatic rings. The number of aryl methyl sites for hydroxylation is 1. The number of rotatable bonds is 4. The van der Waals surface area contributed by atoms with Crippen LogP contribution in [-0.2, 0) is 0 Å². The molecule has 0 atom stereocenters. The summed E-state index contributed by atoms with van der Waals surface area (Å²) in [5.74, 6) is 0.130. The Morgan fingerprint density at radius 3 is 2.54 bits per heavy atom. The highest BCUT2D eigenvalue weighted by Gasteiger charge is 2.20. The number of nitrogens with zero attached hydrogens (tertiary/aromatic N) is 2. The molecule has 0 spiro atoms. The maximum Gasteiger partial charge on any atom is 0.231 e. The second kappa shape index (κ2) is 6.76. The van der Waals surface area contributed by atoms with E-state index in [4.69, 9.17) is 4.42 Å². The molecule has 26 heavy (non-hydrogen) atoms. The molecule has 0 saturated carbocycles. The van der Waals surface area contributed by atoms with Crippen molar-refractivity contribution in [1.82, 2.24) is 9.97 Å². The van der Waals surface area contributed by atoms with E-state index in [9.17, 15) is 4.79 Å². The molecular weight excluding hydrogens is 324 g/mol. The highest BCUT2D eigenvalue weighted by atomic mass is 16.3. The third-order valence-electron chi connectivity index (χ3n) is 4.08. The monoisotopic (exact) mass is 340 g/mol.